The van der Waals surface area contributed by atoms with Crippen LogP contribution in [0.2, 0.25) is 0 Å². The first-order valence-electron chi connectivity index (χ1n) is 7.28. The molecule has 1 unspecified atom stereocenters. The Labute approximate surface area is 132 Å². The molecule has 0 radical (unpaired) electrons. The summed E-state index contributed by atoms with van der Waals surface area (Å²) in [5, 5.41) is 9.66. The smallest absolute Gasteiger partial charge is 0.315 e. The maximum Gasteiger partial charge on any atom is 0.315 e. The molecule has 1 aliphatic rings. The van der Waals surface area contributed by atoms with Crippen LogP contribution < -0.4 is 10.6 Å². The van der Waals surface area contributed by atoms with Crippen molar-refractivity contribution in [2.45, 2.75) is 25.5 Å². The van der Waals surface area contributed by atoms with E-state index in [4.69, 9.17) is 4.74 Å². The van der Waals surface area contributed by atoms with Gasteiger partial charge in [0.15, 0.2) is 0 Å². The first-order chi connectivity index (χ1) is 10.8. The van der Waals surface area contributed by atoms with Gasteiger partial charge in [-0.2, -0.15) is 11.3 Å². The van der Waals surface area contributed by atoms with Gasteiger partial charge in [-0.3, -0.25) is 9.97 Å². The summed E-state index contributed by atoms with van der Waals surface area (Å²) in [6.07, 6.45) is 5.51. The molecule has 1 saturated heterocycles. The predicted octanol–water partition coefficient (Wildman–Crippen LogP) is 2.18. The average molecular weight is 318 g/mol. The maximum atomic E-state index is 11.8. The highest BCUT2D eigenvalue weighted by atomic mass is 32.1. The van der Waals surface area contributed by atoms with Crippen LogP contribution in [0.25, 0.3) is 11.3 Å². The number of hydrogen-bond acceptors (Lipinski definition) is 5. The highest BCUT2D eigenvalue weighted by Crippen LogP contribution is 2.22. The summed E-state index contributed by atoms with van der Waals surface area (Å²) >= 11 is 1.61. The normalized spacial score (nSPS) is 17.4. The Morgan fingerprint density at radius 2 is 2.27 bits per heavy atom. The molecule has 1 aliphatic heterocycles. The third kappa shape index (κ3) is 3.80. The van der Waals surface area contributed by atoms with E-state index in [0.29, 0.717) is 13.1 Å². The Morgan fingerprint density at radius 1 is 1.36 bits per heavy atom. The minimum atomic E-state index is -0.211. The minimum Gasteiger partial charge on any atom is -0.376 e. The van der Waals surface area contributed by atoms with Crippen molar-refractivity contribution in [2.24, 2.45) is 0 Å². The van der Waals surface area contributed by atoms with Crippen LogP contribution >= 0.6 is 11.3 Å². The molecule has 0 aromatic carbocycles. The number of carbonyl (C=O) groups is 1. The van der Waals surface area contributed by atoms with Gasteiger partial charge in [-0.05, 0) is 24.3 Å². The van der Waals surface area contributed by atoms with Crippen molar-refractivity contribution in [3.05, 3.63) is 34.9 Å². The van der Waals surface area contributed by atoms with E-state index in [1.807, 2.05) is 16.8 Å². The maximum absolute atomic E-state index is 11.8. The van der Waals surface area contributed by atoms with Crippen LogP contribution in [0.3, 0.4) is 0 Å². The van der Waals surface area contributed by atoms with Crippen LogP contribution in [-0.4, -0.2) is 35.3 Å². The largest absolute Gasteiger partial charge is 0.376 e. The Balaban J connectivity index is 1.54. The van der Waals surface area contributed by atoms with E-state index < -0.39 is 0 Å². The fourth-order valence-electron chi connectivity index (χ4n) is 2.37. The van der Waals surface area contributed by atoms with Crippen molar-refractivity contribution >= 4 is 17.4 Å². The lowest BCUT2D eigenvalue weighted by molar-refractivity contribution is 0.111. The number of thiophene rings is 1. The van der Waals surface area contributed by atoms with E-state index in [2.05, 4.69) is 20.6 Å². The summed E-state index contributed by atoms with van der Waals surface area (Å²) in [4.78, 5) is 20.5. The number of nitrogens with zero attached hydrogens (tertiary/aromatic N) is 2. The van der Waals surface area contributed by atoms with E-state index in [1.165, 1.54) is 0 Å². The van der Waals surface area contributed by atoms with Crippen molar-refractivity contribution in [1.82, 2.24) is 20.6 Å². The minimum absolute atomic E-state index is 0.142. The van der Waals surface area contributed by atoms with E-state index in [1.54, 1.807) is 23.7 Å². The quantitative estimate of drug-likeness (QED) is 0.886. The SMILES string of the molecule is O=C(NCc1nccnc1-c1ccsc1)NCC1CCCO1. The average Bonchev–Trinajstić information content (AvgIpc) is 3.24. The van der Waals surface area contributed by atoms with E-state index >= 15 is 0 Å². The third-order valence-corrected chi connectivity index (χ3v) is 4.18. The zero-order valence-electron chi connectivity index (χ0n) is 12.1. The van der Waals surface area contributed by atoms with Crippen LogP contribution in [0, 0.1) is 0 Å². The van der Waals surface area contributed by atoms with Crippen LogP contribution in [-0.2, 0) is 11.3 Å². The molecule has 6 nitrogen and oxygen atoms in total. The standard InChI is InChI=1S/C15H18N4O2S/c20-15(18-8-12-2-1-6-21-12)19-9-13-14(17-5-4-16-13)11-3-7-22-10-11/h3-5,7,10,12H,1-2,6,8-9H2,(H2,18,19,20). The highest BCUT2D eigenvalue weighted by Gasteiger charge is 2.16. The first kappa shape index (κ1) is 14.9. The zero-order chi connectivity index (χ0) is 15.2. The Bertz CT molecular complexity index is 612. The van der Waals surface area contributed by atoms with Crippen molar-refractivity contribution in [2.75, 3.05) is 13.2 Å². The predicted molar refractivity (Wildman–Crippen MR) is 84.6 cm³/mol. The van der Waals surface area contributed by atoms with E-state index in [0.717, 1.165) is 36.4 Å². The summed E-state index contributed by atoms with van der Waals surface area (Å²) in [6, 6.07) is 1.78. The molecular formula is C15H18N4O2S. The molecule has 1 fully saturated rings. The number of amides is 2. The van der Waals surface area contributed by atoms with Crippen molar-refractivity contribution in [3.8, 4) is 11.3 Å². The van der Waals surface area contributed by atoms with Crippen molar-refractivity contribution in [3.63, 3.8) is 0 Å². The summed E-state index contributed by atoms with van der Waals surface area (Å²) in [5.41, 5.74) is 2.59. The van der Waals surface area contributed by atoms with Crippen LogP contribution in [0.1, 0.15) is 18.5 Å². The van der Waals surface area contributed by atoms with Gasteiger partial charge < -0.3 is 15.4 Å². The fraction of sp³-hybridized carbons (Fsp3) is 0.400. The number of aromatic nitrogens is 2. The van der Waals surface area contributed by atoms with Gasteiger partial charge in [-0.25, -0.2) is 4.79 Å². The fourth-order valence-corrected chi connectivity index (χ4v) is 3.02. The number of ether oxygens (including phenoxy) is 1. The van der Waals surface area contributed by atoms with Crippen LogP contribution in [0.4, 0.5) is 4.79 Å². The molecule has 2 aromatic rings. The molecule has 116 valence electrons. The van der Waals surface area contributed by atoms with Crippen molar-refractivity contribution < 1.29 is 9.53 Å². The van der Waals surface area contributed by atoms with E-state index in [9.17, 15) is 4.79 Å². The molecule has 0 bridgehead atoms. The molecule has 1 atom stereocenters. The number of rotatable bonds is 5. The summed E-state index contributed by atoms with van der Waals surface area (Å²) in [6.45, 7) is 1.68. The molecule has 0 spiro atoms. The lowest BCUT2D eigenvalue weighted by Crippen LogP contribution is -2.39. The van der Waals surface area contributed by atoms with Gasteiger partial charge in [0.05, 0.1) is 24.0 Å². The summed E-state index contributed by atoms with van der Waals surface area (Å²) in [7, 11) is 0. The molecule has 22 heavy (non-hydrogen) atoms. The lowest BCUT2D eigenvalue weighted by Gasteiger charge is -2.12. The molecule has 2 amide bonds. The van der Waals surface area contributed by atoms with E-state index in [-0.39, 0.29) is 12.1 Å². The second-order valence-corrected chi connectivity index (χ2v) is 5.84. The molecular weight excluding hydrogens is 300 g/mol. The number of urea groups is 1. The third-order valence-electron chi connectivity index (χ3n) is 3.50. The molecule has 0 aliphatic carbocycles. The van der Waals surface area contributed by atoms with Gasteiger partial charge in [0.1, 0.15) is 0 Å². The van der Waals surface area contributed by atoms with Crippen LogP contribution in [0.5, 0.6) is 0 Å². The number of hydrogen-bond donors (Lipinski definition) is 2. The summed E-state index contributed by atoms with van der Waals surface area (Å²) < 4.78 is 5.47. The van der Waals surface area contributed by atoms with Gasteiger partial charge in [0, 0.05) is 36.5 Å². The summed E-state index contributed by atoms with van der Waals surface area (Å²) in [5.74, 6) is 0. The first-order valence-corrected chi connectivity index (χ1v) is 8.23. The second-order valence-electron chi connectivity index (χ2n) is 5.06. The molecule has 3 heterocycles. The topological polar surface area (TPSA) is 76.1 Å². The Morgan fingerprint density at radius 3 is 3.05 bits per heavy atom. The number of nitrogens with one attached hydrogen (secondary N) is 2. The molecule has 3 rings (SSSR count). The highest BCUT2D eigenvalue weighted by molar-refractivity contribution is 7.08. The molecule has 2 N–H and O–H groups in total. The van der Waals surface area contributed by atoms with Gasteiger partial charge in [0.25, 0.3) is 0 Å². The number of carbonyl (C=O) groups excluding carboxylic acids is 1. The lowest BCUT2D eigenvalue weighted by atomic mass is 10.2. The van der Waals surface area contributed by atoms with Crippen molar-refractivity contribution in [1.29, 1.82) is 0 Å². The monoisotopic (exact) mass is 318 g/mol. The molecule has 2 aromatic heterocycles. The Kier molecular flexibility index (Phi) is 4.97. The zero-order valence-corrected chi connectivity index (χ0v) is 12.9. The van der Waals surface area contributed by atoms with Gasteiger partial charge >= 0.3 is 6.03 Å². The Hall–Kier alpha value is -1.99. The second kappa shape index (κ2) is 7.33. The van der Waals surface area contributed by atoms with Gasteiger partial charge in [0.2, 0.25) is 0 Å². The van der Waals surface area contributed by atoms with Crippen LogP contribution in [0.15, 0.2) is 29.2 Å². The van der Waals surface area contributed by atoms with Gasteiger partial charge in [-0.15, -0.1) is 0 Å². The van der Waals surface area contributed by atoms with Gasteiger partial charge in [-0.1, -0.05) is 0 Å². The molecule has 7 heteroatoms. The molecule has 0 saturated carbocycles.